The molecule has 2 aliphatic rings. The molecule has 2 aromatic carbocycles. The largest absolute Gasteiger partial charge is 0.493 e. The topological polar surface area (TPSA) is 119 Å². The number of halogens is 2. The quantitative estimate of drug-likeness (QED) is 0.497. The van der Waals surface area contributed by atoms with Crippen molar-refractivity contribution in [1.29, 1.82) is 0 Å². The van der Waals surface area contributed by atoms with Crippen LogP contribution >= 0.6 is 11.6 Å². The van der Waals surface area contributed by atoms with E-state index in [1.165, 1.54) is 42.3 Å². The third kappa shape index (κ3) is 6.09. The molecular weight excluding hydrogens is 533 g/mol. The molecule has 1 saturated heterocycles. The minimum absolute atomic E-state index is 0.0479. The molecule has 0 radical (unpaired) electrons. The summed E-state index contributed by atoms with van der Waals surface area (Å²) in [6.45, 7) is 0.100. The second-order valence-electron chi connectivity index (χ2n) is 9.11. The minimum atomic E-state index is -0.661. The second kappa shape index (κ2) is 11.2. The van der Waals surface area contributed by atoms with E-state index in [1.807, 2.05) is 0 Å². The number of likely N-dealkylation sites (tertiary alicyclic amines) is 1. The molecule has 2 atom stereocenters. The SMILES string of the molecule is COc1ccc2cc1OCC(=O)NCc1cc(F)cc(c1)O[C@@H]1CCN(C(=O)c3ccc(Cl)o3)C[C@@H]1NC2=O. The maximum atomic E-state index is 14.4. The zero-order valence-electron chi connectivity index (χ0n) is 20.9. The highest BCUT2D eigenvalue weighted by Gasteiger charge is 2.35. The molecule has 5 rings (SSSR count). The fraction of sp³-hybridized carbons (Fsp3) is 0.296. The van der Waals surface area contributed by atoms with Gasteiger partial charge in [0, 0.05) is 37.7 Å². The number of hydrogen-bond donors (Lipinski definition) is 2. The Balaban J connectivity index is 1.47. The van der Waals surface area contributed by atoms with Crippen molar-refractivity contribution >= 4 is 29.3 Å². The van der Waals surface area contributed by atoms with Crippen LogP contribution < -0.4 is 24.8 Å². The van der Waals surface area contributed by atoms with Crippen LogP contribution in [-0.2, 0) is 11.3 Å². The highest BCUT2D eigenvalue weighted by Crippen LogP contribution is 2.29. The van der Waals surface area contributed by atoms with Crippen LogP contribution in [0.4, 0.5) is 4.39 Å². The van der Waals surface area contributed by atoms with Gasteiger partial charge in [0.05, 0.1) is 13.2 Å². The lowest BCUT2D eigenvalue weighted by atomic mass is 10.0. The normalized spacial score (nSPS) is 19.6. The smallest absolute Gasteiger partial charge is 0.289 e. The molecule has 0 spiro atoms. The maximum absolute atomic E-state index is 14.4. The van der Waals surface area contributed by atoms with Gasteiger partial charge in [-0.15, -0.1) is 0 Å². The number of furan rings is 1. The Hall–Kier alpha value is -4.25. The van der Waals surface area contributed by atoms with Crippen LogP contribution in [0.15, 0.2) is 52.9 Å². The zero-order valence-corrected chi connectivity index (χ0v) is 21.6. The molecule has 1 aromatic heterocycles. The molecule has 2 aliphatic heterocycles. The van der Waals surface area contributed by atoms with Crippen LogP contribution in [0, 0.1) is 5.82 Å². The number of amides is 3. The van der Waals surface area contributed by atoms with Crippen LogP contribution in [0.3, 0.4) is 0 Å². The molecule has 39 heavy (non-hydrogen) atoms. The summed E-state index contributed by atoms with van der Waals surface area (Å²) < 4.78 is 36.8. The van der Waals surface area contributed by atoms with Gasteiger partial charge in [-0.1, -0.05) is 0 Å². The molecule has 0 aliphatic carbocycles. The summed E-state index contributed by atoms with van der Waals surface area (Å²) in [5.74, 6) is -0.994. The van der Waals surface area contributed by atoms with Gasteiger partial charge in [-0.05, 0) is 59.6 Å². The first kappa shape index (κ1) is 26.4. The summed E-state index contributed by atoms with van der Waals surface area (Å²) in [6.07, 6.45) is -0.255. The van der Waals surface area contributed by atoms with E-state index in [0.717, 1.165) is 0 Å². The van der Waals surface area contributed by atoms with Gasteiger partial charge in [0.1, 0.15) is 17.7 Å². The lowest BCUT2D eigenvalue weighted by Crippen LogP contribution is -2.58. The summed E-state index contributed by atoms with van der Waals surface area (Å²) in [5.41, 5.74) is 0.722. The Morgan fingerprint density at radius 1 is 1.15 bits per heavy atom. The predicted octanol–water partition coefficient (Wildman–Crippen LogP) is 3.18. The van der Waals surface area contributed by atoms with Crippen molar-refractivity contribution < 1.29 is 37.4 Å². The van der Waals surface area contributed by atoms with Crippen molar-refractivity contribution in [2.75, 3.05) is 26.8 Å². The van der Waals surface area contributed by atoms with Crippen LogP contribution in [0.5, 0.6) is 17.2 Å². The predicted molar refractivity (Wildman–Crippen MR) is 137 cm³/mol. The summed E-state index contributed by atoms with van der Waals surface area (Å²) in [5, 5.41) is 5.70. The fourth-order valence-corrected chi connectivity index (χ4v) is 4.67. The van der Waals surface area contributed by atoms with E-state index in [0.29, 0.717) is 24.3 Å². The highest BCUT2D eigenvalue weighted by atomic mass is 35.5. The third-order valence-corrected chi connectivity index (χ3v) is 6.63. The Bertz CT molecular complexity index is 1410. The number of rotatable bonds is 2. The lowest BCUT2D eigenvalue weighted by Gasteiger charge is -2.38. The number of hydrogen-bond acceptors (Lipinski definition) is 7. The Morgan fingerprint density at radius 3 is 2.77 bits per heavy atom. The van der Waals surface area contributed by atoms with Gasteiger partial charge < -0.3 is 34.2 Å². The molecule has 12 heteroatoms. The molecular formula is C27H25ClFN3O7. The van der Waals surface area contributed by atoms with Crippen LogP contribution in [0.1, 0.15) is 32.9 Å². The molecule has 0 saturated carbocycles. The van der Waals surface area contributed by atoms with E-state index < -0.39 is 29.8 Å². The number of benzene rings is 2. The van der Waals surface area contributed by atoms with Crippen molar-refractivity contribution in [3.63, 3.8) is 0 Å². The standard InChI is InChI=1S/C27H25ClFN3O7/c1-36-21-3-2-16-10-23(21)37-14-25(33)30-12-15-8-17(29)11-18(9-15)38-20-6-7-32(13-19(20)31-26(16)34)27(35)22-4-5-24(28)39-22/h2-5,8-11,19-20H,6-7,12-14H2,1H3,(H,30,33)(H,31,34)/t19-,20+/m0/s1. The number of carbonyl (C=O) groups excluding carboxylic acids is 3. The number of nitrogens with one attached hydrogen (secondary N) is 2. The number of methoxy groups -OCH3 is 1. The molecule has 2 N–H and O–H groups in total. The van der Waals surface area contributed by atoms with Crippen LogP contribution in [-0.4, -0.2) is 61.6 Å². The number of piperidine rings is 1. The molecule has 1 fully saturated rings. The van der Waals surface area contributed by atoms with Crippen molar-refractivity contribution in [3.05, 3.63) is 76.5 Å². The van der Waals surface area contributed by atoms with Gasteiger partial charge in [-0.25, -0.2) is 4.39 Å². The Kier molecular flexibility index (Phi) is 7.60. The summed E-state index contributed by atoms with van der Waals surface area (Å²) in [4.78, 5) is 40.3. The van der Waals surface area contributed by atoms with E-state index >= 15 is 0 Å². The van der Waals surface area contributed by atoms with Crippen molar-refractivity contribution in [1.82, 2.24) is 15.5 Å². The zero-order chi connectivity index (χ0) is 27.5. The molecule has 3 amide bonds. The van der Waals surface area contributed by atoms with E-state index in [-0.39, 0.29) is 53.6 Å². The summed E-state index contributed by atoms with van der Waals surface area (Å²) in [7, 11) is 1.44. The molecule has 10 nitrogen and oxygen atoms in total. The number of nitrogens with zero attached hydrogens (tertiary/aromatic N) is 1. The average Bonchev–Trinajstić information content (AvgIpc) is 3.36. The fourth-order valence-electron chi connectivity index (χ4n) is 4.52. The van der Waals surface area contributed by atoms with Crippen molar-refractivity contribution in [3.8, 4) is 17.2 Å². The Morgan fingerprint density at radius 2 is 2.00 bits per heavy atom. The van der Waals surface area contributed by atoms with Crippen LogP contribution in [0.25, 0.3) is 0 Å². The minimum Gasteiger partial charge on any atom is -0.493 e. The summed E-state index contributed by atoms with van der Waals surface area (Å²) >= 11 is 5.84. The van der Waals surface area contributed by atoms with Crippen LogP contribution in [0.2, 0.25) is 5.22 Å². The van der Waals surface area contributed by atoms with Gasteiger partial charge in [-0.2, -0.15) is 0 Å². The number of ether oxygens (including phenoxy) is 3. The van der Waals surface area contributed by atoms with E-state index in [9.17, 15) is 18.8 Å². The van der Waals surface area contributed by atoms with Gasteiger partial charge in [0.15, 0.2) is 29.1 Å². The van der Waals surface area contributed by atoms with Gasteiger partial charge in [-0.3, -0.25) is 14.4 Å². The van der Waals surface area contributed by atoms with Gasteiger partial charge in [0.25, 0.3) is 17.7 Å². The van der Waals surface area contributed by atoms with E-state index in [1.54, 1.807) is 18.2 Å². The number of fused-ring (bicyclic) bond motifs is 5. The van der Waals surface area contributed by atoms with Crippen molar-refractivity contribution in [2.24, 2.45) is 0 Å². The first-order chi connectivity index (χ1) is 18.8. The van der Waals surface area contributed by atoms with Crippen molar-refractivity contribution in [2.45, 2.75) is 25.1 Å². The second-order valence-corrected chi connectivity index (χ2v) is 9.48. The van der Waals surface area contributed by atoms with Gasteiger partial charge >= 0.3 is 0 Å². The number of carbonyl (C=O) groups is 3. The first-order valence-electron chi connectivity index (χ1n) is 12.2. The van der Waals surface area contributed by atoms with E-state index in [4.69, 9.17) is 30.2 Å². The lowest BCUT2D eigenvalue weighted by molar-refractivity contribution is -0.123. The maximum Gasteiger partial charge on any atom is 0.289 e. The Labute approximate surface area is 227 Å². The molecule has 204 valence electrons. The molecule has 4 bridgehead atoms. The molecule has 0 unspecified atom stereocenters. The summed E-state index contributed by atoms with van der Waals surface area (Å²) in [6, 6.07) is 11.0. The molecule has 3 heterocycles. The third-order valence-electron chi connectivity index (χ3n) is 6.43. The molecule has 3 aromatic rings. The first-order valence-corrected chi connectivity index (χ1v) is 12.6. The average molecular weight is 558 g/mol. The highest BCUT2D eigenvalue weighted by molar-refractivity contribution is 6.29. The van der Waals surface area contributed by atoms with E-state index in [2.05, 4.69) is 10.6 Å². The monoisotopic (exact) mass is 557 g/mol. The van der Waals surface area contributed by atoms with Gasteiger partial charge in [0.2, 0.25) is 0 Å².